The number of rotatable bonds is 2. The highest BCUT2D eigenvalue weighted by molar-refractivity contribution is 6.44. The second-order valence-corrected chi connectivity index (χ2v) is 7.94. The van der Waals surface area contributed by atoms with Crippen LogP contribution in [-0.4, -0.2) is 59.9 Å². The van der Waals surface area contributed by atoms with Gasteiger partial charge < -0.3 is 20.2 Å². The van der Waals surface area contributed by atoms with Gasteiger partial charge in [-0.15, -0.1) is 0 Å². The van der Waals surface area contributed by atoms with Gasteiger partial charge in [-0.3, -0.25) is 9.59 Å². The average Bonchev–Trinajstić information content (AvgIpc) is 2.57. The van der Waals surface area contributed by atoms with Gasteiger partial charge in [-0.1, -0.05) is 29.3 Å². The summed E-state index contributed by atoms with van der Waals surface area (Å²) in [6, 6.07) is 4.66. The summed E-state index contributed by atoms with van der Waals surface area (Å²) in [5, 5.41) is 13.9. The fourth-order valence-electron chi connectivity index (χ4n) is 3.95. The van der Waals surface area contributed by atoms with Crippen molar-refractivity contribution in [2.45, 2.75) is 19.4 Å². The van der Waals surface area contributed by atoms with Crippen LogP contribution in [0.4, 0.5) is 5.69 Å². The zero-order chi connectivity index (χ0) is 19.2. The van der Waals surface area contributed by atoms with Crippen molar-refractivity contribution in [3.05, 3.63) is 39.6 Å². The van der Waals surface area contributed by atoms with E-state index in [4.69, 9.17) is 23.2 Å². The van der Waals surface area contributed by atoms with Crippen LogP contribution in [-0.2, 0) is 9.59 Å². The largest absolute Gasteiger partial charge is 0.511 e. The van der Waals surface area contributed by atoms with E-state index in [0.717, 1.165) is 13.0 Å². The van der Waals surface area contributed by atoms with Gasteiger partial charge in [-0.25, -0.2) is 0 Å². The summed E-state index contributed by atoms with van der Waals surface area (Å²) in [7, 11) is 3.62. The summed E-state index contributed by atoms with van der Waals surface area (Å²) < 4.78 is 0. The number of aliphatic hydroxyl groups is 1. The summed E-state index contributed by atoms with van der Waals surface area (Å²) in [5.74, 6) is -1.37. The first-order chi connectivity index (χ1) is 12.2. The zero-order valence-electron chi connectivity index (χ0n) is 14.8. The number of carbonyl (C=O) groups excluding carboxylic acids is 2. The molecular weight excluding hydrogens is 377 g/mol. The van der Waals surface area contributed by atoms with Gasteiger partial charge in [0.15, 0.2) is 0 Å². The standard InChI is InChI=1S/C18H21Cl2N3O3/c1-18-9-22(2)8-7-12(18)23(3)17(26)13(15(18)24)16(25)21-11-6-4-5-10(19)14(11)20/h4-6,12,24H,7-9H2,1-3H3,(H,21,25)/t12-,18-/m0/s1. The minimum atomic E-state index is -0.708. The smallest absolute Gasteiger partial charge is 0.264 e. The number of nitrogens with one attached hydrogen (secondary N) is 1. The number of likely N-dealkylation sites (N-methyl/N-ethyl adjacent to an activating group) is 1. The molecule has 0 unspecified atom stereocenters. The number of fused-ring (bicyclic) bond motifs is 1. The highest BCUT2D eigenvalue weighted by atomic mass is 35.5. The molecule has 0 radical (unpaired) electrons. The van der Waals surface area contributed by atoms with E-state index >= 15 is 0 Å². The van der Waals surface area contributed by atoms with E-state index in [0.29, 0.717) is 6.54 Å². The van der Waals surface area contributed by atoms with Crippen LogP contribution in [0.25, 0.3) is 0 Å². The van der Waals surface area contributed by atoms with Crippen LogP contribution in [0.15, 0.2) is 29.5 Å². The molecular formula is C18H21Cl2N3O3. The van der Waals surface area contributed by atoms with Crippen LogP contribution in [0.5, 0.6) is 0 Å². The Kier molecular flexibility index (Phi) is 4.94. The lowest BCUT2D eigenvalue weighted by Gasteiger charge is -2.51. The average molecular weight is 398 g/mol. The molecule has 2 heterocycles. The molecule has 140 valence electrons. The summed E-state index contributed by atoms with van der Waals surface area (Å²) in [6.45, 7) is 3.26. The quantitative estimate of drug-likeness (QED) is 0.752. The number of aliphatic hydroxyl groups excluding tert-OH is 1. The number of nitrogens with zero attached hydrogens (tertiary/aromatic N) is 2. The van der Waals surface area contributed by atoms with Gasteiger partial charge >= 0.3 is 0 Å². The minimum absolute atomic E-state index is 0.155. The van der Waals surface area contributed by atoms with Crippen molar-refractivity contribution in [3.8, 4) is 0 Å². The molecule has 2 aliphatic rings. The maximum Gasteiger partial charge on any atom is 0.264 e. The molecule has 2 aliphatic heterocycles. The number of piperidine rings is 1. The molecule has 1 aromatic carbocycles. The predicted molar refractivity (Wildman–Crippen MR) is 102 cm³/mol. The Bertz CT molecular complexity index is 811. The normalized spacial score (nSPS) is 26.7. The molecule has 3 rings (SSSR count). The third-order valence-electron chi connectivity index (χ3n) is 5.32. The van der Waals surface area contributed by atoms with Crippen LogP contribution >= 0.6 is 23.2 Å². The van der Waals surface area contributed by atoms with Gasteiger partial charge in [0.05, 0.1) is 21.1 Å². The fourth-order valence-corrected chi connectivity index (χ4v) is 4.30. The van der Waals surface area contributed by atoms with Gasteiger partial charge in [0.2, 0.25) is 0 Å². The highest BCUT2D eigenvalue weighted by Gasteiger charge is 2.52. The number of benzene rings is 1. The number of carbonyl (C=O) groups is 2. The van der Waals surface area contributed by atoms with Gasteiger partial charge in [0.25, 0.3) is 11.8 Å². The van der Waals surface area contributed by atoms with Crippen molar-refractivity contribution in [1.29, 1.82) is 0 Å². The number of hydrogen-bond acceptors (Lipinski definition) is 4. The molecule has 0 aliphatic carbocycles. The van der Waals surface area contributed by atoms with Crippen molar-refractivity contribution in [1.82, 2.24) is 9.80 Å². The molecule has 2 N–H and O–H groups in total. The molecule has 1 saturated heterocycles. The molecule has 2 amide bonds. The monoisotopic (exact) mass is 397 g/mol. The number of anilines is 1. The van der Waals surface area contributed by atoms with Crippen LogP contribution in [0.2, 0.25) is 10.0 Å². The third kappa shape index (κ3) is 2.96. The van der Waals surface area contributed by atoms with Crippen LogP contribution in [0.3, 0.4) is 0 Å². The second kappa shape index (κ2) is 6.76. The van der Waals surface area contributed by atoms with E-state index in [2.05, 4.69) is 10.2 Å². The molecule has 1 aromatic rings. The van der Waals surface area contributed by atoms with Gasteiger partial charge in [0, 0.05) is 19.6 Å². The number of likely N-dealkylation sites (tertiary alicyclic amines) is 1. The molecule has 2 atom stereocenters. The summed E-state index contributed by atoms with van der Waals surface area (Å²) in [4.78, 5) is 29.2. The summed E-state index contributed by atoms with van der Waals surface area (Å²) >= 11 is 12.1. The highest BCUT2D eigenvalue weighted by Crippen LogP contribution is 2.43. The third-order valence-corrected chi connectivity index (χ3v) is 6.14. The summed E-state index contributed by atoms with van der Waals surface area (Å²) in [6.07, 6.45) is 0.730. The van der Waals surface area contributed by atoms with E-state index in [-0.39, 0.29) is 33.1 Å². The first-order valence-corrected chi connectivity index (χ1v) is 9.07. The first-order valence-electron chi connectivity index (χ1n) is 8.31. The Balaban J connectivity index is 2.00. The SMILES string of the molecule is CN1CC[C@@H]2N(C)C(=O)C(C(=O)Nc3cccc(Cl)c3Cl)=C(O)[C@@]2(C)C1. The Morgan fingerprint density at radius 1 is 1.35 bits per heavy atom. The Labute approximate surface area is 162 Å². The van der Waals surface area contributed by atoms with Crippen LogP contribution in [0, 0.1) is 5.41 Å². The van der Waals surface area contributed by atoms with Crippen molar-refractivity contribution in [3.63, 3.8) is 0 Å². The van der Waals surface area contributed by atoms with Gasteiger partial charge in [-0.2, -0.15) is 0 Å². The fraction of sp³-hybridized carbons (Fsp3) is 0.444. The number of halogens is 2. The Hall–Kier alpha value is -1.76. The minimum Gasteiger partial charge on any atom is -0.511 e. The molecule has 0 spiro atoms. The molecule has 1 fully saturated rings. The topological polar surface area (TPSA) is 72.9 Å². The maximum absolute atomic E-state index is 12.8. The van der Waals surface area contributed by atoms with E-state index in [1.807, 2.05) is 14.0 Å². The van der Waals surface area contributed by atoms with Crippen molar-refractivity contribution >= 4 is 40.7 Å². The van der Waals surface area contributed by atoms with Gasteiger partial charge in [-0.05, 0) is 39.1 Å². The Morgan fingerprint density at radius 3 is 2.73 bits per heavy atom. The van der Waals surface area contributed by atoms with Crippen molar-refractivity contribution in [2.24, 2.45) is 5.41 Å². The van der Waals surface area contributed by atoms with E-state index in [9.17, 15) is 14.7 Å². The maximum atomic E-state index is 12.8. The van der Waals surface area contributed by atoms with Gasteiger partial charge in [0.1, 0.15) is 11.3 Å². The zero-order valence-corrected chi connectivity index (χ0v) is 16.4. The molecule has 26 heavy (non-hydrogen) atoms. The first kappa shape index (κ1) is 19.0. The molecule has 6 nitrogen and oxygen atoms in total. The van der Waals surface area contributed by atoms with E-state index in [1.54, 1.807) is 30.1 Å². The van der Waals surface area contributed by atoms with Crippen LogP contribution in [0.1, 0.15) is 13.3 Å². The lowest BCUT2D eigenvalue weighted by molar-refractivity contribution is -0.137. The van der Waals surface area contributed by atoms with Crippen LogP contribution < -0.4 is 5.32 Å². The Morgan fingerprint density at radius 2 is 2.04 bits per heavy atom. The molecule has 0 saturated carbocycles. The molecule has 0 aromatic heterocycles. The molecule has 0 bridgehead atoms. The van der Waals surface area contributed by atoms with Crippen molar-refractivity contribution < 1.29 is 14.7 Å². The van der Waals surface area contributed by atoms with Crippen molar-refractivity contribution in [2.75, 3.05) is 32.5 Å². The second-order valence-electron chi connectivity index (χ2n) is 7.15. The van der Waals surface area contributed by atoms with E-state index in [1.165, 1.54) is 0 Å². The molecule has 8 heteroatoms. The number of amides is 2. The van der Waals surface area contributed by atoms with E-state index < -0.39 is 17.2 Å². The summed E-state index contributed by atoms with van der Waals surface area (Å²) in [5.41, 5.74) is -0.675. The predicted octanol–water partition coefficient (Wildman–Crippen LogP) is 2.93. The lowest BCUT2D eigenvalue weighted by atomic mass is 9.71. The lowest BCUT2D eigenvalue weighted by Crippen LogP contribution is -2.61. The number of hydrogen-bond donors (Lipinski definition) is 2.